The molecule has 2 aromatic carbocycles. The fourth-order valence-electron chi connectivity index (χ4n) is 4.47. The van der Waals surface area contributed by atoms with E-state index in [1.807, 2.05) is 30.5 Å². The van der Waals surface area contributed by atoms with Crippen molar-refractivity contribution in [3.8, 4) is 17.2 Å². The third kappa shape index (κ3) is 6.53. The van der Waals surface area contributed by atoms with Gasteiger partial charge < -0.3 is 34.6 Å². The van der Waals surface area contributed by atoms with Gasteiger partial charge in [-0.2, -0.15) is 0 Å². The molecular formula is C29H34N4O6S. The Morgan fingerprint density at radius 2 is 1.85 bits per heavy atom. The summed E-state index contributed by atoms with van der Waals surface area (Å²) < 4.78 is 21.5. The SMILES string of the molecule is CCOC(=O)C1=C(C)NC(SCC(=O)NCCc2c[nH]c3ccc(OC)cc23)=NC1c1ccc(OC)c(OC)c1. The van der Waals surface area contributed by atoms with Crippen molar-refractivity contribution in [3.63, 3.8) is 0 Å². The molecule has 2 heterocycles. The normalized spacial score (nSPS) is 14.8. The molecule has 1 aromatic heterocycles. The fourth-order valence-corrected chi connectivity index (χ4v) is 5.25. The number of thioether (sulfide) groups is 1. The molecule has 11 heteroatoms. The number of esters is 1. The van der Waals surface area contributed by atoms with E-state index in [1.54, 1.807) is 47.3 Å². The molecule has 3 aromatic rings. The van der Waals surface area contributed by atoms with Gasteiger partial charge in [0.15, 0.2) is 16.7 Å². The van der Waals surface area contributed by atoms with E-state index >= 15 is 0 Å². The first-order valence-corrected chi connectivity index (χ1v) is 13.8. The van der Waals surface area contributed by atoms with Crippen LogP contribution in [0, 0.1) is 0 Å². The summed E-state index contributed by atoms with van der Waals surface area (Å²) in [4.78, 5) is 33.5. The van der Waals surface area contributed by atoms with Crippen LogP contribution < -0.4 is 24.8 Å². The number of fused-ring (bicyclic) bond motifs is 1. The number of nitrogens with zero attached hydrogens (tertiary/aromatic N) is 1. The number of aromatic nitrogens is 1. The minimum atomic E-state index is -0.635. The summed E-state index contributed by atoms with van der Waals surface area (Å²) in [7, 11) is 4.75. The minimum Gasteiger partial charge on any atom is -0.497 e. The van der Waals surface area contributed by atoms with Crippen LogP contribution in [-0.4, -0.2) is 62.3 Å². The van der Waals surface area contributed by atoms with Gasteiger partial charge in [0.1, 0.15) is 11.8 Å². The Labute approximate surface area is 237 Å². The summed E-state index contributed by atoms with van der Waals surface area (Å²) in [6, 6.07) is 10.6. The smallest absolute Gasteiger partial charge is 0.338 e. The summed E-state index contributed by atoms with van der Waals surface area (Å²) in [6.07, 6.45) is 2.63. The van der Waals surface area contributed by atoms with Crippen molar-refractivity contribution in [3.05, 3.63) is 65.0 Å². The monoisotopic (exact) mass is 566 g/mol. The lowest BCUT2D eigenvalue weighted by Crippen LogP contribution is -2.33. The van der Waals surface area contributed by atoms with E-state index in [0.717, 1.165) is 27.8 Å². The van der Waals surface area contributed by atoms with Gasteiger partial charge in [-0.05, 0) is 61.7 Å². The number of hydrogen-bond acceptors (Lipinski definition) is 9. The quantitative estimate of drug-likeness (QED) is 0.296. The van der Waals surface area contributed by atoms with Crippen molar-refractivity contribution in [2.45, 2.75) is 26.3 Å². The highest BCUT2D eigenvalue weighted by Gasteiger charge is 2.31. The Morgan fingerprint density at radius 3 is 2.58 bits per heavy atom. The number of aliphatic imine (C=N–C) groups is 1. The first kappa shape index (κ1) is 28.9. The van der Waals surface area contributed by atoms with Crippen LogP contribution in [0.25, 0.3) is 10.9 Å². The molecule has 40 heavy (non-hydrogen) atoms. The Hall–Kier alpha value is -4.12. The van der Waals surface area contributed by atoms with Crippen LogP contribution in [0.15, 0.2) is 58.9 Å². The number of carbonyl (C=O) groups excluding carboxylic acids is 2. The first-order valence-electron chi connectivity index (χ1n) is 12.9. The molecule has 0 saturated carbocycles. The lowest BCUT2D eigenvalue weighted by Gasteiger charge is -2.26. The van der Waals surface area contributed by atoms with Crippen LogP contribution in [0.3, 0.4) is 0 Å². The molecule has 3 N–H and O–H groups in total. The van der Waals surface area contributed by atoms with Gasteiger partial charge in [-0.15, -0.1) is 0 Å². The van der Waals surface area contributed by atoms with Gasteiger partial charge in [0.25, 0.3) is 0 Å². The largest absolute Gasteiger partial charge is 0.497 e. The summed E-state index contributed by atoms with van der Waals surface area (Å²) >= 11 is 1.27. The molecule has 1 amide bonds. The van der Waals surface area contributed by atoms with Crippen molar-refractivity contribution in [2.75, 3.05) is 40.2 Å². The standard InChI is InChI=1S/C29H34N4O6S/c1-6-39-28(35)26-17(2)32-29(33-27(26)18-7-10-23(37-4)24(13-18)38-5)40-16-25(34)30-12-11-19-15-31-22-9-8-20(36-3)14-21(19)22/h7-10,13-15,27,31H,6,11-12,16H2,1-5H3,(H,30,34)(H,32,33). The van der Waals surface area contributed by atoms with Crippen molar-refractivity contribution in [1.82, 2.24) is 15.6 Å². The number of carbonyl (C=O) groups is 2. The number of amides is 1. The molecule has 0 fully saturated rings. The predicted octanol–water partition coefficient (Wildman–Crippen LogP) is 4.12. The topological polar surface area (TPSA) is 123 Å². The molecule has 0 aliphatic carbocycles. The molecule has 1 aliphatic heterocycles. The van der Waals surface area contributed by atoms with E-state index in [1.165, 1.54) is 11.8 Å². The number of hydrogen-bond donors (Lipinski definition) is 3. The Balaban J connectivity index is 1.42. The summed E-state index contributed by atoms with van der Waals surface area (Å²) in [5.41, 5.74) is 3.88. The van der Waals surface area contributed by atoms with Gasteiger partial charge in [0.2, 0.25) is 5.91 Å². The van der Waals surface area contributed by atoms with Crippen LogP contribution in [0.2, 0.25) is 0 Å². The van der Waals surface area contributed by atoms with Crippen molar-refractivity contribution in [2.24, 2.45) is 4.99 Å². The average Bonchev–Trinajstić information content (AvgIpc) is 3.37. The highest BCUT2D eigenvalue weighted by Crippen LogP contribution is 2.37. The molecule has 1 atom stereocenters. The van der Waals surface area contributed by atoms with Gasteiger partial charge in [-0.25, -0.2) is 9.79 Å². The van der Waals surface area contributed by atoms with Gasteiger partial charge in [-0.1, -0.05) is 17.8 Å². The Bertz CT molecular complexity index is 1450. The van der Waals surface area contributed by atoms with E-state index in [4.69, 9.17) is 23.9 Å². The summed E-state index contributed by atoms with van der Waals surface area (Å²) in [5.74, 6) is 1.47. The van der Waals surface area contributed by atoms with Crippen LogP contribution in [0.4, 0.5) is 0 Å². The van der Waals surface area contributed by atoms with Crippen LogP contribution in [0.5, 0.6) is 17.2 Å². The Kier molecular flexibility index (Phi) is 9.60. The van der Waals surface area contributed by atoms with E-state index in [9.17, 15) is 9.59 Å². The molecule has 0 saturated heterocycles. The van der Waals surface area contributed by atoms with E-state index in [-0.39, 0.29) is 18.3 Å². The van der Waals surface area contributed by atoms with Gasteiger partial charge in [-0.3, -0.25) is 4.79 Å². The number of nitrogens with one attached hydrogen (secondary N) is 3. The van der Waals surface area contributed by atoms with Crippen molar-refractivity contribution >= 4 is 39.7 Å². The highest BCUT2D eigenvalue weighted by molar-refractivity contribution is 8.14. The van der Waals surface area contributed by atoms with Gasteiger partial charge in [0, 0.05) is 29.3 Å². The number of benzene rings is 2. The molecule has 0 bridgehead atoms. The van der Waals surface area contributed by atoms with Gasteiger partial charge in [0.05, 0.1) is 39.3 Å². The van der Waals surface area contributed by atoms with E-state index < -0.39 is 12.0 Å². The highest BCUT2D eigenvalue weighted by atomic mass is 32.2. The predicted molar refractivity (Wildman–Crippen MR) is 156 cm³/mol. The minimum absolute atomic E-state index is 0.118. The molecule has 0 spiro atoms. The third-order valence-corrected chi connectivity index (χ3v) is 7.36. The van der Waals surface area contributed by atoms with Crippen molar-refractivity contribution in [1.29, 1.82) is 0 Å². The van der Waals surface area contributed by atoms with Crippen LogP contribution in [0.1, 0.15) is 31.0 Å². The second kappa shape index (κ2) is 13.3. The fraction of sp³-hybridized carbons (Fsp3) is 0.345. The zero-order valence-electron chi connectivity index (χ0n) is 23.3. The molecule has 212 valence electrons. The van der Waals surface area contributed by atoms with Gasteiger partial charge >= 0.3 is 5.97 Å². The molecule has 0 radical (unpaired) electrons. The Morgan fingerprint density at radius 1 is 1.05 bits per heavy atom. The first-order chi connectivity index (χ1) is 19.4. The number of H-pyrrole nitrogens is 1. The molecule has 4 rings (SSSR count). The number of aromatic amines is 1. The summed E-state index contributed by atoms with van der Waals surface area (Å²) in [5, 5.41) is 7.74. The summed E-state index contributed by atoms with van der Waals surface area (Å²) in [6.45, 7) is 4.29. The maximum absolute atomic E-state index is 12.9. The maximum Gasteiger partial charge on any atom is 0.338 e. The number of rotatable bonds is 11. The molecule has 1 aliphatic rings. The number of methoxy groups -OCH3 is 3. The van der Waals surface area contributed by atoms with Crippen LogP contribution in [-0.2, 0) is 20.7 Å². The number of allylic oxidation sites excluding steroid dienone is 1. The van der Waals surface area contributed by atoms with E-state index in [0.29, 0.717) is 40.9 Å². The lowest BCUT2D eigenvalue weighted by atomic mass is 9.96. The molecule has 10 nitrogen and oxygen atoms in total. The van der Waals surface area contributed by atoms with E-state index in [2.05, 4.69) is 15.6 Å². The van der Waals surface area contributed by atoms with Crippen molar-refractivity contribution < 1.29 is 28.5 Å². The second-order valence-electron chi connectivity index (χ2n) is 8.95. The van der Waals surface area contributed by atoms with Crippen LogP contribution >= 0.6 is 11.8 Å². The average molecular weight is 567 g/mol. The zero-order valence-corrected chi connectivity index (χ0v) is 24.1. The molecular weight excluding hydrogens is 532 g/mol. The number of ether oxygens (including phenoxy) is 4. The molecule has 1 unspecified atom stereocenters. The maximum atomic E-state index is 12.9. The number of amidine groups is 1. The second-order valence-corrected chi connectivity index (χ2v) is 9.91. The zero-order chi connectivity index (χ0) is 28.6. The third-order valence-electron chi connectivity index (χ3n) is 6.47. The lowest BCUT2D eigenvalue weighted by molar-refractivity contribution is -0.139.